The minimum Gasteiger partial charge on any atom is -0.462 e. The molecule has 0 bridgehead atoms. The van der Waals surface area contributed by atoms with E-state index in [9.17, 15) is 9.59 Å². The molecule has 0 radical (unpaired) electrons. The molecule has 14 heavy (non-hydrogen) atoms. The first-order valence-corrected chi connectivity index (χ1v) is 4.65. The largest absolute Gasteiger partial charge is 0.462 e. The van der Waals surface area contributed by atoms with E-state index in [0.29, 0.717) is 5.57 Å². The third-order valence-corrected chi connectivity index (χ3v) is 1.42. The summed E-state index contributed by atoms with van der Waals surface area (Å²) in [6, 6.07) is 0. The van der Waals surface area contributed by atoms with Crippen molar-refractivity contribution >= 4 is 23.5 Å². The predicted octanol–water partition coefficient (Wildman–Crippen LogP) is 1.28. The van der Waals surface area contributed by atoms with Crippen LogP contribution in [0.1, 0.15) is 13.3 Å². The lowest BCUT2D eigenvalue weighted by molar-refractivity contribution is -0.149. The van der Waals surface area contributed by atoms with Crippen molar-refractivity contribution in [3.05, 3.63) is 12.2 Å². The van der Waals surface area contributed by atoms with Gasteiger partial charge in [0.05, 0.1) is 6.42 Å². The zero-order valence-corrected chi connectivity index (χ0v) is 8.80. The first-order valence-electron chi connectivity index (χ1n) is 4.12. The standard InChI is InChI=1S/C9H13ClO4/c1-7(2)9(12)14-6-5-13-8(11)3-4-10/h1,3-6H2,2H3. The summed E-state index contributed by atoms with van der Waals surface area (Å²) < 4.78 is 9.37. The fourth-order valence-corrected chi connectivity index (χ4v) is 0.717. The summed E-state index contributed by atoms with van der Waals surface area (Å²) in [4.78, 5) is 21.6. The van der Waals surface area contributed by atoms with Crippen molar-refractivity contribution in [2.75, 3.05) is 19.1 Å². The molecule has 80 valence electrons. The van der Waals surface area contributed by atoms with Gasteiger partial charge in [-0.3, -0.25) is 4.79 Å². The summed E-state index contributed by atoms with van der Waals surface area (Å²) in [6.45, 7) is 5.03. The summed E-state index contributed by atoms with van der Waals surface area (Å²) in [5.41, 5.74) is 0.317. The molecular weight excluding hydrogens is 208 g/mol. The number of esters is 2. The molecule has 0 unspecified atom stereocenters. The highest BCUT2D eigenvalue weighted by molar-refractivity contribution is 6.18. The summed E-state index contributed by atoms with van der Waals surface area (Å²) >= 11 is 5.30. The molecule has 0 atom stereocenters. The molecule has 0 aliphatic rings. The zero-order valence-electron chi connectivity index (χ0n) is 8.05. The Balaban J connectivity index is 3.42. The molecule has 0 saturated carbocycles. The molecule has 0 heterocycles. The third-order valence-electron chi connectivity index (χ3n) is 1.23. The van der Waals surface area contributed by atoms with Gasteiger partial charge < -0.3 is 9.47 Å². The van der Waals surface area contributed by atoms with Crippen molar-refractivity contribution in [3.8, 4) is 0 Å². The molecule has 0 amide bonds. The maximum atomic E-state index is 10.8. The first-order chi connectivity index (χ1) is 6.57. The Hall–Kier alpha value is -1.03. The van der Waals surface area contributed by atoms with Gasteiger partial charge in [-0.05, 0) is 6.92 Å². The third kappa shape index (κ3) is 6.48. The number of hydrogen-bond acceptors (Lipinski definition) is 4. The molecule has 0 spiro atoms. The van der Waals surface area contributed by atoms with Gasteiger partial charge in [0.15, 0.2) is 0 Å². The lowest BCUT2D eigenvalue weighted by Crippen LogP contribution is -2.14. The summed E-state index contributed by atoms with van der Waals surface area (Å²) in [6.07, 6.45) is 0.163. The van der Waals surface area contributed by atoms with Gasteiger partial charge in [0.25, 0.3) is 0 Å². The normalized spacial score (nSPS) is 9.29. The Morgan fingerprint density at radius 3 is 2.36 bits per heavy atom. The average molecular weight is 221 g/mol. The van der Waals surface area contributed by atoms with Gasteiger partial charge in [-0.1, -0.05) is 6.58 Å². The molecule has 5 heteroatoms. The van der Waals surface area contributed by atoms with Crippen molar-refractivity contribution in [1.29, 1.82) is 0 Å². The Morgan fingerprint density at radius 1 is 1.29 bits per heavy atom. The molecule has 0 aliphatic carbocycles. The highest BCUT2D eigenvalue weighted by Gasteiger charge is 2.04. The van der Waals surface area contributed by atoms with E-state index in [0.717, 1.165) is 0 Å². The molecule has 0 N–H and O–H groups in total. The zero-order chi connectivity index (χ0) is 11.0. The number of carbonyl (C=O) groups is 2. The lowest BCUT2D eigenvalue weighted by Gasteiger charge is -2.04. The van der Waals surface area contributed by atoms with E-state index in [1.54, 1.807) is 6.92 Å². The molecule has 0 saturated heterocycles. The Morgan fingerprint density at radius 2 is 1.86 bits per heavy atom. The Labute approximate surface area is 87.8 Å². The van der Waals surface area contributed by atoms with E-state index in [1.165, 1.54) is 0 Å². The Kier molecular flexibility index (Phi) is 6.84. The van der Waals surface area contributed by atoms with Crippen LogP contribution in [-0.2, 0) is 19.1 Å². The second-order valence-electron chi connectivity index (χ2n) is 2.58. The number of rotatable bonds is 6. The summed E-state index contributed by atoms with van der Waals surface area (Å²) in [5.74, 6) is -0.658. The highest BCUT2D eigenvalue weighted by Crippen LogP contribution is 1.93. The van der Waals surface area contributed by atoms with Crippen LogP contribution >= 0.6 is 11.6 Å². The van der Waals surface area contributed by atoms with Crippen molar-refractivity contribution in [1.82, 2.24) is 0 Å². The van der Waals surface area contributed by atoms with Crippen LogP contribution in [0.15, 0.2) is 12.2 Å². The van der Waals surface area contributed by atoms with Gasteiger partial charge in [-0.15, -0.1) is 11.6 Å². The van der Waals surface area contributed by atoms with Crippen LogP contribution in [0.4, 0.5) is 0 Å². The van der Waals surface area contributed by atoms with Gasteiger partial charge in [-0.2, -0.15) is 0 Å². The average Bonchev–Trinajstić information content (AvgIpc) is 2.12. The van der Waals surface area contributed by atoms with E-state index in [4.69, 9.17) is 11.6 Å². The Bertz CT molecular complexity index is 225. The molecule has 0 aliphatic heterocycles. The van der Waals surface area contributed by atoms with Crippen LogP contribution in [0.2, 0.25) is 0 Å². The maximum absolute atomic E-state index is 10.8. The predicted molar refractivity (Wildman–Crippen MR) is 52.1 cm³/mol. The second kappa shape index (κ2) is 7.38. The van der Waals surface area contributed by atoms with Crippen LogP contribution < -0.4 is 0 Å². The van der Waals surface area contributed by atoms with E-state index in [2.05, 4.69) is 16.1 Å². The topological polar surface area (TPSA) is 52.6 Å². The monoisotopic (exact) mass is 220 g/mol. The van der Waals surface area contributed by atoms with Crippen molar-refractivity contribution in [2.24, 2.45) is 0 Å². The smallest absolute Gasteiger partial charge is 0.333 e. The number of alkyl halides is 1. The molecule has 0 aromatic carbocycles. The molecule has 0 aromatic rings. The first kappa shape index (κ1) is 13.0. The fourth-order valence-electron chi connectivity index (χ4n) is 0.562. The van der Waals surface area contributed by atoms with Crippen molar-refractivity contribution in [3.63, 3.8) is 0 Å². The molecular formula is C9H13ClO4. The van der Waals surface area contributed by atoms with Crippen molar-refractivity contribution in [2.45, 2.75) is 13.3 Å². The second-order valence-corrected chi connectivity index (χ2v) is 2.95. The maximum Gasteiger partial charge on any atom is 0.333 e. The number of carbonyl (C=O) groups excluding carboxylic acids is 2. The van der Waals surface area contributed by atoms with Gasteiger partial charge in [0, 0.05) is 11.5 Å². The quantitative estimate of drug-likeness (QED) is 0.293. The van der Waals surface area contributed by atoms with E-state index in [1.807, 2.05) is 0 Å². The van der Waals surface area contributed by atoms with Gasteiger partial charge >= 0.3 is 11.9 Å². The minimum atomic E-state index is -0.488. The van der Waals surface area contributed by atoms with E-state index < -0.39 is 11.9 Å². The molecule has 0 fully saturated rings. The van der Waals surface area contributed by atoms with E-state index >= 15 is 0 Å². The molecule has 0 aromatic heterocycles. The fraction of sp³-hybridized carbons (Fsp3) is 0.556. The minimum absolute atomic E-state index is 0.0414. The van der Waals surface area contributed by atoms with Crippen LogP contribution in [0.25, 0.3) is 0 Å². The van der Waals surface area contributed by atoms with E-state index in [-0.39, 0.29) is 25.5 Å². The van der Waals surface area contributed by atoms with Crippen molar-refractivity contribution < 1.29 is 19.1 Å². The SMILES string of the molecule is C=C(C)C(=O)OCCOC(=O)CCCl. The van der Waals surface area contributed by atoms with Crippen LogP contribution in [0.5, 0.6) is 0 Å². The summed E-state index contributed by atoms with van der Waals surface area (Å²) in [7, 11) is 0. The number of ether oxygens (including phenoxy) is 2. The van der Waals surface area contributed by atoms with Crippen LogP contribution in [-0.4, -0.2) is 31.0 Å². The lowest BCUT2D eigenvalue weighted by atomic mass is 10.4. The summed E-state index contributed by atoms with van der Waals surface area (Å²) in [5, 5.41) is 0. The van der Waals surface area contributed by atoms with Gasteiger partial charge in [-0.25, -0.2) is 4.79 Å². The number of hydrogen-bond donors (Lipinski definition) is 0. The molecule has 0 rings (SSSR count). The van der Waals surface area contributed by atoms with Gasteiger partial charge in [0.2, 0.25) is 0 Å². The highest BCUT2D eigenvalue weighted by atomic mass is 35.5. The van der Waals surface area contributed by atoms with Crippen LogP contribution in [0, 0.1) is 0 Å². The van der Waals surface area contributed by atoms with Crippen LogP contribution in [0.3, 0.4) is 0 Å². The number of halogens is 1. The molecule has 4 nitrogen and oxygen atoms in total. The van der Waals surface area contributed by atoms with Gasteiger partial charge in [0.1, 0.15) is 13.2 Å².